The van der Waals surface area contributed by atoms with Crippen LogP contribution >= 0.6 is 11.6 Å². The number of hydrogen-bond acceptors (Lipinski definition) is 4. The summed E-state index contributed by atoms with van der Waals surface area (Å²) in [5.74, 6) is 0.804. The molecule has 0 saturated heterocycles. The van der Waals surface area contributed by atoms with E-state index in [-0.39, 0.29) is 11.6 Å². The monoisotopic (exact) mass is 367 g/mol. The molecule has 0 N–H and O–H groups in total. The van der Waals surface area contributed by atoms with E-state index in [0.29, 0.717) is 5.02 Å². The maximum absolute atomic E-state index is 6.33. The van der Waals surface area contributed by atoms with Gasteiger partial charge in [-0.05, 0) is 73.5 Å². The van der Waals surface area contributed by atoms with Crippen molar-refractivity contribution in [3.05, 3.63) is 70.0 Å². The highest BCUT2D eigenvalue weighted by Crippen LogP contribution is 2.40. The number of aromatic nitrogens is 4. The van der Waals surface area contributed by atoms with Crippen molar-refractivity contribution in [2.24, 2.45) is 0 Å². The van der Waals surface area contributed by atoms with E-state index in [1.807, 2.05) is 29.8 Å². The van der Waals surface area contributed by atoms with E-state index in [9.17, 15) is 0 Å². The maximum Gasteiger partial charge on any atom is 0.178 e. The fraction of sp³-hybridized carbons (Fsp3) is 0.350. The summed E-state index contributed by atoms with van der Waals surface area (Å²) in [5.41, 5.74) is 4.47. The van der Waals surface area contributed by atoms with Crippen LogP contribution in [-0.4, -0.2) is 37.7 Å². The number of rotatable bonds is 2. The summed E-state index contributed by atoms with van der Waals surface area (Å²) in [6.45, 7) is 6.51. The first-order chi connectivity index (χ1) is 12.4. The SMILES string of the molecule is Cc1c(Cl)cccc1-n1nnnc1[C@@H]1c2ccccc2CC(C)(C)N1C. The van der Waals surface area contributed by atoms with E-state index < -0.39 is 0 Å². The lowest BCUT2D eigenvalue weighted by Crippen LogP contribution is -2.49. The normalized spacial score (nSPS) is 19.3. The van der Waals surface area contributed by atoms with Crippen LogP contribution in [0.15, 0.2) is 42.5 Å². The van der Waals surface area contributed by atoms with Gasteiger partial charge in [-0.1, -0.05) is 41.9 Å². The van der Waals surface area contributed by atoms with Gasteiger partial charge in [-0.15, -0.1) is 5.10 Å². The third kappa shape index (κ3) is 2.63. The van der Waals surface area contributed by atoms with E-state index in [2.05, 4.69) is 65.6 Å². The lowest BCUT2D eigenvalue weighted by atomic mass is 9.81. The fourth-order valence-electron chi connectivity index (χ4n) is 3.78. The predicted molar refractivity (Wildman–Crippen MR) is 103 cm³/mol. The molecule has 6 heteroatoms. The Balaban J connectivity index is 1.92. The molecular formula is C20H22ClN5. The van der Waals surface area contributed by atoms with Gasteiger partial charge >= 0.3 is 0 Å². The average Bonchev–Trinajstić information content (AvgIpc) is 3.07. The van der Waals surface area contributed by atoms with Crippen LogP contribution < -0.4 is 0 Å². The number of tetrazole rings is 1. The molecule has 0 unspecified atom stereocenters. The van der Waals surface area contributed by atoms with Gasteiger partial charge in [-0.3, -0.25) is 4.90 Å². The van der Waals surface area contributed by atoms with Crippen molar-refractivity contribution in [3.8, 4) is 5.69 Å². The molecule has 2 heterocycles. The predicted octanol–water partition coefficient (Wildman–Crippen LogP) is 3.98. The number of fused-ring (bicyclic) bond motifs is 1. The minimum Gasteiger partial charge on any atom is -0.287 e. The largest absolute Gasteiger partial charge is 0.287 e. The van der Waals surface area contributed by atoms with Gasteiger partial charge < -0.3 is 0 Å². The van der Waals surface area contributed by atoms with Gasteiger partial charge in [-0.25, -0.2) is 0 Å². The van der Waals surface area contributed by atoms with Crippen LogP contribution in [0.4, 0.5) is 0 Å². The highest BCUT2D eigenvalue weighted by Gasteiger charge is 2.40. The third-order valence-corrected chi connectivity index (χ3v) is 5.93. The van der Waals surface area contributed by atoms with Crippen LogP contribution in [0.2, 0.25) is 5.02 Å². The number of benzene rings is 2. The van der Waals surface area contributed by atoms with Crippen LogP contribution in [0.1, 0.15) is 42.4 Å². The molecule has 0 fully saturated rings. The fourth-order valence-corrected chi connectivity index (χ4v) is 3.95. The molecule has 0 saturated carbocycles. The minimum absolute atomic E-state index is 0.000816. The molecule has 1 atom stereocenters. The molecule has 1 aliphatic rings. The summed E-state index contributed by atoms with van der Waals surface area (Å²) in [6, 6.07) is 14.3. The van der Waals surface area contributed by atoms with Crippen LogP contribution in [0.25, 0.3) is 5.69 Å². The zero-order valence-corrected chi connectivity index (χ0v) is 16.2. The van der Waals surface area contributed by atoms with Gasteiger partial charge in [0.15, 0.2) is 5.82 Å². The van der Waals surface area contributed by atoms with Gasteiger partial charge in [0.2, 0.25) is 0 Å². The molecule has 2 aromatic carbocycles. The van der Waals surface area contributed by atoms with E-state index in [1.54, 1.807) is 0 Å². The van der Waals surface area contributed by atoms with Gasteiger partial charge in [0.25, 0.3) is 0 Å². The van der Waals surface area contributed by atoms with Crippen molar-refractivity contribution in [1.82, 2.24) is 25.1 Å². The molecule has 0 radical (unpaired) electrons. The third-order valence-electron chi connectivity index (χ3n) is 5.52. The van der Waals surface area contributed by atoms with Crippen molar-refractivity contribution in [2.45, 2.75) is 38.8 Å². The second-order valence-corrected chi connectivity index (χ2v) is 7.94. The molecule has 1 aliphatic heterocycles. The summed E-state index contributed by atoms with van der Waals surface area (Å²) < 4.78 is 1.82. The van der Waals surface area contributed by atoms with Gasteiger partial charge in [-0.2, -0.15) is 4.68 Å². The summed E-state index contributed by atoms with van der Waals surface area (Å²) in [5, 5.41) is 13.4. The summed E-state index contributed by atoms with van der Waals surface area (Å²) in [6.07, 6.45) is 0.994. The molecular weight excluding hydrogens is 346 g/mol. The lowest BCUT2D eigenvalue weighted by Gasteiger charge is -2.45. The number of halogens is 1. The molecule has 0 aliphatic carbocycles. The molecule has 134 valence electrons. The maximum atomic E-state index is 6.33. The Morgan fingerprint density at radius 2 is 1.88 bits per heavy atom. The average molecular weight is 368 g/mol. The van der Waals surface area contributed by atoms with Crippen molar-refractivity contribution in [2.75, 3.05) is 7.05 Å². The first kappa shape index (κ1) is 17.2. The van der Waals surface area contributed by atoms with E-state index in [4.69, 9.17) is 11.6 Å². The van der Waals surface area contributed by atoms with E-state index in [1.165, 1.54) is 11.1 Å². The summed E-state index contributed by atoms with van der Waals surface area (Å²) in [7, 11) is 2.14. The zero-order valence-electron chi connectivity index (χ0n) is 15.4. The summed E-state index contributed by atoms with van der Waals surface area (Å²) >= 11 is 6.33. The van der Waals surface area contributed by atoms with E-state index in [0.717, 1.165) is 23.5 Å². The molecule has 0 bridgehead atoms. The molecule has 1 aromatic heterocycles. The van der Waals surface area contributed by atoms with Gasteiger partial charge in [0, 0.05) is 10.6 Å². The number of hydrogen-bond donors (Lipinski definition) is 0. The molecule has 0 spiro atoms. The Hall–Kier alpha value is -2.24. The number of nitrogens with zero attached hydrogens (tertiary/aromatic N) is 5. The standard InChI is InChI=1S/C20H22ClN5/c1-13-16(21)10-7-11-17(13)26-19(22-23-24-26)18-15-9-6-5-8-14(15)12-20(2,3)25(18)4/h5-11,18H,12H2,1-4H3/t18-/m0/s1. The molecule has 0 amide bonds. The van der Waals surface area contributed by atoms with Crippen molar-refractivity contribution in [1.29, 1.82) is 0 Å². The minimum atomic E-state index is -0.0247. The number of likely N-dealkylation sites (N-methyl/N-ethyl adjacent to an activating group) is 1. The summed E-state index contributed by atoms with van der Waals surface area (Å²) in [4.78, 5) is 2.36. The smallest absolute Gasteiger partial charge is 0.178 e. The molecule has 5 nitrogen and oxygen atoms in total. The first-order valence-corrected chi connectivity index (χ1v) is 9.12. The highest BCUT2D eigenvalue weighted by molar-refractivity contribution is 6.31. The van der Waals surface area contributed by atoms with Crippen molar-refractivity contribution >= 4 is 11.6 Å². The van der Waals surface area contributed by atoms with Crippen molar-refractivity contribution < 1.29 is 0 Å². The molecule has 3 aromatic rings. The second-order valence-electron chi connectivity index (χ2n) is 7.53. The lowest BCUT2D eigenvalue weighted by molar-refractivity contribution is 0.0993. The van der Waals surface area contributed by atoms with Gasteiger partial charge in [0.05, 0.1) is 11.7 Å². The Morgan fingerprint density at radius 1 is 1.12 bits per heavy atom. The zero-order chi connectivity index (χ0) is 18.5. The Bertz CT molecular complexity index is 962. The molecule has 26 heavy (non-hydrogen) atoms. The Labute approximate surface area is 158 Å². The van der Waals surface area contributed by atoms with Gasteiger partial charge in [0.1, 0.15) is 0 Å². The highest BCUT2D eigenvalue weighted by atomic mass is 35.5. The molecule has 4 rings (SSSR count). The van der Waals surface area contributed by atoms with Crippen LogP contribution in [0.5, 0.6) is 0 Å². The first-order valence-electron chi connectivity index (χ1n) is 8.74. The van der Waals surface area contributed by atoms with Crippen LogP contribution in [0, 0.1) is 6.92 Å². The van der Waals surface area contributed by atoms with Crippen LogP contribution in [0.3, 0.4) is 0 Å². The topological polar surface area (TPSA) is 46.8 Å². The van der Waals surface area contributed by atoms with E-state index >= 15 is 0 Å². The quantitative estimate of drug-likeness (QED) is 0.687. The Morgan fingerprint density at radius 3 is 2.69 bits per heavy atom. The Kier molecular flexibility index (Phi) is 4.09. The van der Waals surface area contributed by atoms with Crippen LogP contribution in [-0.2, 0) is 6.42 Å². The second kappa shape index (κ2) is 6.18. The van der Waals surface area contributed by atoms with Crippen molar-refractivity contribution in [3.63, 3.8) is 0 Å².